The summed E-state index contributed by atoms with van der Waals surface area (Å²) in [6.07, 6.45) is 18.3. The summed E-state index contributed by atoms with van der Waals surface area (Å²) in [4.78, 5) is 7.11. The minimum absolute atomic E-state index is 0.204. The van der Waals surface area contributed by atoms with E-state index in [1.54, 1.807) is 0 Å². The van der Waals surface area contributed by atoms with Crippen molar-refractivity contribution >= 4 is 74.5 Å². The second kappa shape index (κ2) is 17.4. The highest BCUT2D eigenvalue weighted by atomic mass is 15.3. The Labute approximate surface area is 384 Å². The molecule has 0 spiro atoms. The number of benzene rings is 8. The molecule has 0 atom stereocenters. The zero-order chi connectivity index (χ0) is 44.5. The van der Waals surface area contributed by atoms with E-state index < -0.39 is 0 Å². The number of para-hydroxylation sites is 6. The van der Waals surface area contributed by atoms with Crippen LogP contribution in [0.1, 0.15) is 61.9 Å². The molecule has 2 heterocycles. The Kier molecular flexibility index (Phi) is 11.0. The molecule has 0 saturated heterocycles. The van der Waals surface area contributed by atoms with Crippen molar-refractivity contribution in [1.82, 2.24) is 0 Å². The van der Waals surface area contributed by atoms with Crippen LogP contribution in [-0.2, 0) is 5.41 Å². The van der Waals surface area contributed by atoms with Crippen molar-refractivity contribution in [2.24, 2.45) is 0 Å². The Morgan fingerprint density at radius 1 is 0.462 bits per heavy atom. The van der Waals surface area contributed by atoms with Crippen molar-refractivity contribution in [2.75, 3.05) is 14.7 Å². The lowest BCUT2D eigenvalue weighted by molar-refractivity contribution is 0.660. The average molecular weight is 840 g/mol. The van der Waals surface area contributed by atoms with E-state index in [1.807, 2.05) is 13.8 Å². The van der Waals surface area contributed by atoms with E-state index in [0.29, 0.717) is 0 Å². The van der Waals surface area contributed by atoms with Crippen molar-refractivity contribution in [3.63, 3.8) is 0 Å². The fourth-order valence-electron chi connectivity index (χ4n) is 9.85. The molecular formula is C62H53N3. The van der Waals surface area contributed by atoms with Crippen molar-refractivity contribution < 1.29 is 0 Å². The highest BCUT2D eigenvalue weighted by Crippen LogP contribution is 2.56. The normalized spacial score (nSPS) is 16.0. The minimum Gasteiger partial charge on any atom is -0.310 e. The van der Waals surface area contributed by atoms with Gasteiger partial charge in [-0.25, -0.2) is 0 Å². The highest BCUT2D eigenvalue weighted by Gasteiger charge is 2.37. The van der Waals surface area contributed by atoms with Crippen LogP contribution >= 0.6 is 0 Å². The topological polar surface area (TPSA) is 9.72 Å². The van der Waals surface area contributed by atoms with Crippen LogP contribution in [0.4, 0.5) is 45.5 Å². The van der Waals surface area contributed by atoms with E-state index in [-0.39, 0.29) is 5.41 Å². The van der Waals surface area contributed by atoms with Gasteiger partial charge >= 0.3 is 0 Å². The molecule has 8 aromatic carbocycles. The van der Waals surface area contributed by atoms with Crippen LogP contribution in [0.15, 0.2) is 219 Å². The van der Waals surface area contributed by atoms with Gasteiger partial charge in [-0.3, -0.25) is 0 Å². The fraction of sp³-hybridized carbons (Fsp3) is 0.0968. The third-order valence-electron chi connectivity index (χ3n) is 12.9. The monoisotopic (exact) mass is 839 g/mol. The van der Waals surface area contributed by atoms with Gasteiger partial charge in [0.15, 0.2) is 0 Å². The second-order valence-electron chi connectivity index (χ2n) is 17.0. The lowest BCUT2D eigenvalue weighted by Gasteiger charge is -2.40. The quantitative estimate of drug-likeness (QED) is 0.160. The Bertz CT molecular complexity index is 3170. The molecule has 1 aliphatic carbocycles. The molecule has 11 rings (SSSR count). The van der Waals surface area contributed by atoms with Gasteiger partial charge in [-0.1, -0.05) is 192 Å². The number of nitrogens with zero attached hydrogens (tertiary/aromatic N) is 3. The average Bonchev–Trinajstić information content (AvgIpc) is 3.55. The number of anilines is 8. The Morgan fingerprint density at radius 3 is 1.77 bits per heavy atom. The van der Waals surface area contributed by atoms with Gasteiger partial charge in [-0.2, -0.15) is 0 Å². The molecule has 0 bridgehead atoms. The van der Waals surface area contributed by atoms with Crippen LogP contribution < -0.4 is 14.7 Å². The van der Waals surface area contributed by atoms with Crippen molar-refractivity contribution in [3.05, 3.63) is 246 Å². The van der Waals surface area contributed by atoms with Gasteiger partial charge in [-0.15, -0.1) is 0 Å². The first-order valence-electron chi connectivity index (χ1n) is 22.9. The minimum atomic E-state index is -0.204. The third-order valence-corrected chi connectivity index (χ3v) is 12.9. The number of allylic oxidation sites excluding steroid dienone is 5. The summed E-state index contributed by atoms with van der Waals surface area (Å²) >= 11 is 0. The summed E-state index contributed by atoms with van der Waals surface area (Å²) in [5, 5.41) is 2.37. The Morgan fingerprint density at radius 2 is 1.05 bits per heavy atom. The molecule has 8 aromatic rings. The van der Waals surface area contributed by atoms with E-state index in [9.17, 15) is 0 Å². The summed E-state index contributed by atoms with van der Waals surface area (Å²) in [5.41, 5.74) is 18.7. The van der Waals surface area contributed by atoms with E-state index in [4.69, 9.17) is 0 Å². The first-order valence-corrected chi connectivity index (χ1v) is 22.9. The molecule has 3 nitrogen and oxygen atoms in total. The predicted octanol–water partition coefficient (Wildman–Crippen LogP) is 17.8. The van der Waals surface area contributed by atoms with Crippen LogP contribution in [0.3, 0.4) is 0 Å². The van der Waals surface area contributed by atoms with Crippen molar-refractivity contribution in [1.29, 1.82) is 0 Å². The lowest BCUT2D eigenvalue weighted by atomic mass is 9.81. The number of rotatable bonds is 5. The van der Waals surface area contributed by atoms with E-state index in [0.717, 1.165) is 63.2 Å². The van der Waals surface area contributed by atoms with Gasteiger partial charge in [0.25, 0.3) is 0 Å². The summed E-state index contributed by atoms with van der Waals surface area (Å²) in [6.45, 7) is 13.3. The van der Waals surface area contributed by atoms with E-state index in [2.05, 4.69) is 260 Å². The van der Waals surface area contributed by atoms with E-state index in [1.165, 1.54) is 44.2 Å². The van der Waals surface area contributed by atoms with Crippen molar-refractivity contribution in [2.45, 2.75) is 39.5 Å². The molecule has 0 fully saturated rings. The maximum Gasteiger partial charge on any atom is 0.0703 e. The van der Waals surface area contributed by atoms with Gasteiger partial charge in [-0.05, 0) is 117 Å². The smallest absolute Gasteiger partial charge is 0.0703 e. The molecule has 0 radical (unpaired) electrons. The summed E-state index contributed by atoms with van der Waals surface area (Å²) < 4.78 is 0. The van der Waals surface area contributed by atoms with Crippen molar-refractivity contribution in [3.8, 4) is 11.1 Å². The first kappa shape index (κ1) is 41.1. The van der Waals surface area contributed by atoms with E-state index >= 15 is 0 Å². The standard InChI is InChI=1S/C60H47N3.C2H6/c1-42-20-8-5-4-6-9-21-45-22-12-13-28-54(45)61(42)55-33-19-26-48-44(23-18-27-51(48)55)36-34-43-35-38-49-50-39-37-47(41-53(50)60(2,3)52(49)40-43)63-58-31-16-14-29-56(58)62(46-24-10-7-11-25-46)57-30-15-17-32-59(57)63;1-2/h4-5,7-41H,1,6H2,2-3H3;1-2H3/b5-4-,20-8-,21-9-,36-34+;. The zero-order valence-corrected chi connectivity index (χ0v) is 37.6. The number of fused-ring (bicyclic) bond motifs is 7. The van der Waals surface area contributed by atoms with Crippen LogP contribution in [0.2, 0.25) is 0 Å². The number of hydrogen-bond acceptors (Lipinski definition) is 3. The third kappa shape index (κ3) is 7.29. The molecule has 0 N–H and O–H groups in total. The first-order chi connectivity index (χ1) is 32.0. The molecule has 0 saturated carbocycles. The SMILES string of the molecule is C=C1/C=C\C=C/C/C=C\c2ccccc2N1c1cccc2c(/C=C/c3ccc4c(c3)C(C)(C)c3cc(N5c6ccccc6N(c6ccccc6)c6ccccc65)ccc3-4)cccc12.CC. The molecule has 316 valence electrons. The van der Waals surface area contributed by atoms with Gasteiger partial charge in [0.05, 0.1) is 34.1 Å². The maximum atomic E-state index is 4.56. The maximum absolute atomic E-state index is 4.56. The Hall–Kier alpha value is -7.88. The summed E-state index contributed by atoms with van der Waals surface area (Å²) in [5.74, 6) is 0. The fourth-order valence-corrected chi connectivity index (χ4v) is 9.85. The lowest BCUT2D eigenvalue weighted by Crippen LogP contribution is -2.24. The Balaban J connectivity index is 0.00000246. The van der Waals surface area contributed by atoms with Crippen LogP contribution in [0.5, 0.6) is 0 Å². The van der Waals surface area contributed by atoms with Crippen LogP contribution in [0.25, 0.3) is 40.1 Å². The molecule has 3 aliphatic rings. The van der Waals surface area contributed by atoms with Gasteiger partial charge in [0, 0.05) is 27.9 Å². The molecule has 0 aromatic heterocycles. The number of hydrogen-bond donors (Lipinski definition) is 0. The van der Waals surface area contributed by atoms with Crippen LogP contribution in [0, 0.1) is 0 Å². The molecule has 2 aliphatic heterocycles. The van der Waals surface area contributed by atoms with Gasteiger partial charge in [0.2, 0.25) is 0 Å². The summed E-state index contributed by atoms with van der Waals surface area (Å²) in [6, 6.07) is 64.0. The van der Waals surface area contributed by atoms with Gasteiger partial charge < -0.3 is 14.7 Å². The predicted molar refractivity (Wildman–Crippen MR) is 281 cm³/mol. The highest BCUT2D eigenvalue weighted by molar-refractivity contribution is 6.04. The van der Waals surface area contributed by atoms with Crippen LogP contribution in [-0.4, -0.2) is 0 Å². The second-order valence-corrected chi connectivity index (χ2v) is 17.0. The zero-order valence-electron chi connectivity index (χ0n) is 37.6. The summed E-state index contributed by atoms with van der Waals surface area (Å²) in [7, 11) is 0. The molecule has 3 heteroatoms. The molecular weight excluding hydrogens is 787 g/mol. The molecule has 0 amide bonds. The molecule has 0 unspecified atom stereocenters. The van der Waals surface area contributed by atoms with Gasteiger partial charge in [0.1, 0.15) is 0 Å². The molecule has 65 heavy (non-hydrogen) atoms. The largest absolute Gasteiger partial charge is 0.310 e.